The number of ether oxygens (including phenoxy) is 1. The zero-order chi connectivity index (χ0) is 16.9. The number of nitrogens with one attached hydrogen (secondary N) is 1. The molecule has 7 nitrogen and oxygen atoms in total. The molecule has 0 bridgehead atoms. The van der Waals surface area contributed by atoms with Crippen molar-refractivity contribution >= 4 is 11.9 Å². The molecule has 122 valence electrons. The van der Waals surface area contributed by atoms with E-state index in [2.05, 4.69) is 10.4 Å². The Kier molecular flexibility index (Phi) is 5.13. The molecule has 0 aliphatic rings. The minimum absolute atomic E-state index is 0.0877. The summed E-state index contributed by atoms with van der Waals surface area (Å²) in [6, 6.07) is 11.0. The number of amides is 1. The number of nitrogens with zero attached hydrogens (tertiary/aromatic N) is 2. The van der Waals surface area contributed by atoms with E-state index in [1.54, 1.807) is 23.9 Å². The normalized spacial score (nSPS) is 13.3. The fourth-order valence-corrected chi connectivity index (χ4v) is 2.29. The number of benzene rings is 1. The number of carboxylic acids is 1. The smallest absolute Gasteiger partial charge is 0.305 e. The third kappa shape index (κ3) is 4.40. The second-order valence-electron chi connectivity index (χ2n) is 5.50. The number of hydrogen-bond acceptors (Lipinski definition) is 4. The third-order valence-corrected chi connectivity index (χ3v) is 3.26. The number of rotatable bonds is 7. The van der Waals surface area contributed by atoms with Gasteiger partial charge in [-0.25, -0.2) is 4.68 Å². The van der Waals surface area contributed by atoms with Crippen LogP contribution in [0.15, 0.2) is 42.6 Å². The Morgan fingerprint density at radius 2 is 2.00 bits per heavy atom. The Balaban J connectivity index is 2.14. The molecule has 1 atom stereocenters. The van der Waals surface area contributed by atoms with Gasteiger partial charge in [0.25, 0.3) is 5.91 Å². The van der Waals surface area contributed by atoms with Crippen LogP contribution in [0.2, 0.25) is 0 Å². The number of hydrogen-bond donors (Lipinski definition) is 2. The molecule has 2 N–H and O–H groups in total. The van der Waals surface area contributed by atoms with Gasteiger partial charge in [-0.1, -0.05) is 18.2 Å². The molecule has 1 aromatic heterocycles. The van der Waals surface area contributed by atoms with Gasteiger partial charge >= 0.3 is 5.97 Å². The SMILES string of the molecule is COCC(C)(CC(=O)O)NC(=O)c1ccn(-c2ccccc2)n1. The minimum atomic E-state index is -1.01. The van der Waals surface area contributed by atoms with Crippen LogP contribution in [-0.4, -0.2) is 46.0 Å². The van der Waals surface area contributed by atoms with Crippen LogP contribution in [0, 0.1) is 0 Å². The van der Waals surface area contributed by atoms with Crippen molar-refractivity contribution in [2.75, 3.05) is 13.7 Å². The van der Waals surface area contributed by atoms with Crippen LogP contribution in [0.25, 0.3) is 5.69 Å². The summed E-state index contributed by atoms with van der Waals surface area (Å²) in [5.74, 6) is -1.46. The summed E-state index contributed by atoms with van der Waals surface area (Å²) >= 11 is 0. The van der Waals surface area contributed by atoms with Gasteiger partial charge in [0.05, 0.1) is 24.3 Å². The van der Waals surface area contributed by atoms with Gasteiger partial charge in [-0.05, 0) is 25.1 Å². The van der Waals surface area contributed by atoms with E-state index in [0.717, 1.165) is 5.69 Å². The van der Waals surface area contributed by atoms with Gasteiger partial charge in [0.1, 0.15) is 0 Å². The first kappa shape index (κ1) is 16.7. The minimum Gasteiger partial charge on any atom is -0.481 e. The van der Waals surface area contributed by atoms with Crippen molar-refractivity contribution in [3.05, 3.63) is 48.3 Å². The lowest BCUT2D eigenvalue weighted by atomic mass is 9.99. The third-order valence-electron chi connectivity index (χ3n) is 3.26. The number of carbonyl (C=O) groups is 2. The van der Waals surface area contributed by atoms with Gasteiger partial charge in [0, 0.05) is 13.3 Å². The molecule has 2 rings (SSSR count). The molecular weight excluding hydrogens is 298 g/mol. The Bertz CT molecular complexity index is 684. The highest BCUT2D eigenvalue weighted by atomic mass is 16.5. The van der Waals surface area contributed by atoms with Gasteiger partial charge in [-0.3, -0.25) is 9.59 Å². The van der Waals surface area contributed by atoms with Crippen LogP contribution in [-0.2, 0) is 9.53 Å². The van der Waals surface area contributed by atoms with E-state index in [4.69, 9.17) is 9.84 Å². The zero-order valence-corrected chi connectivity index (χ0v) is 13.0. The molecular formula is C16H19N3O4. The van der Waals surface area contributed by atoms with Crippen molar-refractivity contribution in [3.8, 4) is 5.69 Å². The molecule has 0 aliphatic heterocycles. The molecule has 0 radical (unpaired) electrons. The molecule has 0 saturated carbocycles. The molecule has 0 fully saturated rings. The van der Waals surface area contributed by atoms with Crippen LogP contribution in [0.5, 0.6) is 0 Å². The first-order valence-corrected chi connectivity index (χ1v) is 7.08. The highest BCUT2D eigenvalue weighted by Gasteiger charge is 2.30. The molecule has 1 unspecified atom stereocenters. The number of methoxy groups -OCH3 is 1. The van der Waals surface area contributed by atoms with Crippen LogP contribution < -0.4 is 5.32 Å². The van der Waals surface area contributed by atoms with E-state index in [9.17, 15) is 9.59 Å². The van der Waals surface area contributed by atoms with Crippen molar-refractivity contribution in [2.45, 2.75) is 18.9 Å². The summed E-state index contributed by atoms with van der Waals surface area (Å²) in [6.45, 7) is 1.71. The largest absolute Gasteiger partial charge is 0.481 e. The summed E-state index contributed by atoms with van der Waals surface area (Å²) in [4.78, 5) is 23.3. The molecule has 7 heteroatoms. The summed E-state index contributed by atoms with van der Waals surface area (Å²) in [7, 11) is 1.45. The quantitative estimate of drug-likeness (QED) is 0.807. The monoisotopic (exact) mass is 317 g/mol. The van der Waals surface area contributed by atoms with Gasteiger partial charge in [0.2, 0.25) is 0 Å². The average molecular weight is 317 g/mol. The van der Waals surface area contributed by atoms with E-state index < -0.39 is 17.4 Å². The van der Waals surface area contributed by atoms with Crippen molar-refractivity contribution < 1.29 is 19.4 Å². The molecule has 1 aromatic carbocycles. The van der Waals surface area contributed by atoms with Gasteiger partial charge in [-0.2, -0.15) is 5.10 Å². The zero-order valence-electron chi connectivity index (χ0n) is 13.0. The van der Waals surface area contributed by atoms with E-state index >= 15 is 0 Å². The van der Waals surface area contributed by atoms with Gasteiger partial charge < -0.3 is 15.2 Å². The summed E-state index contributed by atoms with van der Waals surface area (Å²) < 4.78 is 6.60. The van der Waals surface area contributed by atoms with Crippen LogP contribution in [0.1, 0.15) is 23.8 Å². The standard InChI is InChI=1S/C16H19N3O4/c1-16(11-23-2,10-14(20)21)17-15(22)13-8-9-19(18-13)12-6-4-3-5-7-12/h3-9H,10-11H2,1-2H3,(H,17,22)(H,20,21). The predicted octanol–water partition coefficient (Wildman–Crippen LogP) is 1.48. The topological polar surface area (TPSA) is 93.5 Å². The molecule has 1 heterocycles. The molecule has 1 amide bonds. The molecule has 0 saturated heterocycles. The second kappa shape index (κ2) is 7.06. The van der Waals surface area contributed by atoms with Crippen molar-refractivity contribution in [1.29, 1.82) is 0 Å². The fourth-order valence-electron chi connectivity index (χ4n) is 2.29. The maximum absolute atomic E-state index is 12.3. The average Bonchev–Trinajstić information content (AvgIpc) is 2.97. The lowest BCUT2D eigenvalue weighted by molar-refractivity contribution is -0.139. The first-order valence-electron chi connectivity index (χ1n) is 7.08. The summed E-state index contributed by atoms with van der Waals surface area (Å²) in [5.41, 5.74) is 0.0343. The molecule has 23 heavy (non-hydrogen) atoms. The fraction of sp³-hybridized carbons (Fsp3) is 0.312. The summed E-state index contributed by atoms with van der Waals surface area (Å²) in [5, 5.41) is 15.9. The molecule has 0 aliphatic carbocycles. The van der Waals surface area contributed by atoms with Gasteiger partial charge in [-0.15, -0.1) is 0 Å². The van der Waals surface area contributed by atoms with Crippen LogP contribution >= 0.6 is 0 Å². The number of aromatic nitrogens is 2. The van der Waals surface area contributed by atoms with E-state index in [1.807, 2.05) is 30.3 Å². The van der Waals surface area contributed by atoms with Crippen molar-refractivity contribution in [2.24, 2.45) is 0 Å². The maximum atomic E-state index is 12.3. The Labute approximate surface area is 133 Å². The maximum Gasteiger partial charge on any atom is 0.305 e. The lowest BCUT2D eigenvalue weighted by Crippen LogP contribution is -2.50. The molecule has 0 spiro atoms. The number of carboxylic acid groups (broad SMARTS) is 1. The van der Waals surface area contributed by atoms with Gasteiger partial charge in [0.15, 0.2) is 5.69 Å². The summed E-state index contributed by atoms with van der Waals surface area (Å²) in [6.07, 6.45) is 1.43. The highest BCUT2D eigenvalue weighted by molar-refractivity contribution is 5.93. The lowest BCUT2D eigenvalue weighted by Gasteiger charge is -2.28. The Hall–Kier alpha value is -2.67. The highest BCUT2D eigenvalue weighted by Crippen LogP contribution is 2.13. The second-order valence-corrected chi connectivity index (χ2v) is 5.50. The van der Waals surface area contributed by atoms with Crippen molar-refractivity contribution in [3.63, 3.8) is 0 Å². The first-order chi connectivity index (χ1) is 10.9. The number of aliphatic carboxylic acids is 1. The van der Waals surface area contributed by atoms with E-state index in [0.29, 0.717) is 0 Å². The predicted molar refractivity (Wildman–Crippen MR) is 83.6 cm³/mol. The number of para-hydroxylation sites is 1. The Morgan fingerprint density at radius 1 is 1.30 bits per heavy atom. The Morgan fingerprint density at radius 3 is 2.61 bits per heavy atom. The van der Waals surface area contributed by atoms with E-state index in [1.165, 1.54) is 7.11 Å². The molecule has 2 aromatic rings. The van der Waals surface area contributed by atoms with E-state index in [-0.39, 0.29) is 18.7 Å². The number of carbonyl (C=O) groups excluding carboxylic acids is 1. The van der Waals surface area contributed by atoms with Crippen LogP contribution in [0.3, 0.4) is 0 Å². The van der Waals surface area contributed by atoms with Crippen LogP contribution in [0.4, 0.5) is 0 Å². The van der Waals surface area contributed by atoms with Crippen molar-refractivity contribution in [1.82, 2.24) is 15.1 Å².